The molecule has 5 aromatic rings. The van der Waals surface area contributed by atoms with Crippen LogP contribution in [0.25, 0.3) is 39.3 Å². The highest BCUT2D eigenvalue weighted by Crippen LogP contribution is 2.39. The minimum absolute atomic E-state index is 0.121. The molecule has 0 aliphatic heterocycles. The minimum Gasteiger partial charge on any atom is -0.493 e. The summed E-state index contributed by atoms with van der Waals surface area (Å²) < 4.78 is 53.3. The van der Waals surface area contributed by atoms with Crippen LogP contribution in [-0.2, 0) is 6.18 Å². The molecule has 0 atom stereocenters. The number of oxazole rings is 1. The summed E-state index contributed by atoms with van der Waals surface area (Å²) in [5.74, 6) is 0.00426. The number of aromatic amines is 1. The maximum Gasteiger partial charge on any atom is 0.433 e. The minimum atomic E-state index is -4.77. The van der Waals surface area contributed by atoms with E-state index in [0.717, 1.165) is 4.52 Å². The summed E-state index contributed by atoms with van der Waals surface area (Å²) in [4.78, 5) is 22.0. The van der Waals surface area contributed by atoms with Crippen LogP contribution in [-0.4, -0.2) is 26.7 Å². The van der Waals surface area contributed by atoms with Crippen molar-refractivity contribution in [3.63, 3.8) is 0 Å². The number of alkyl halides is 3. The van der Waals surface area contributed by atoms with Crippen LogP contribution in [0.4, 0.5) is 13.2 Å². The van der Waals surface area contributed by atoms with E-state index in [-0.39, 0.29) is 56.3 Å². The van der Waals surface area contributed by atoms with Crippen molar-refractivity contribution in [3.8, 4) is 34.4 Å². The first-order chi connectivity index (χ1) is 16.2. The second-order valence-electron chi connectivity index (χ2n) is 7.39. The molecule has 0 bridgehead atoms. The lowest BCUT2D eigenvalue weighted by atomic mass is 10.1. The third-order valence-electron chi connectivity index (χ3n) is 5.36. The number of hydrogen-bond acceptors (Lipinski definition) is 6. The summed E-state index contributed by atoms with van der Waals surface area (Å²) in [7, 11) is 1.36. The predicted molar refractivity (Wildman–Crippen MR) is 115 cm³/mol. The number of nitriles is 1. The summed E-state index contributed by atoms with van der Waals surface area (Å²) in [6, 6.07) is 12.8. The fourth-order valence-corrected chi connectivity index (χ4v) is 3.88. The number of nitrogens with one attached hydrogen (secondary N) is 1. The molecule has 0 amide bonds. The van der Waals surface area contributed by atoms with Crippen LogP contribution >= 0.6 is 0 Å². The van der Waals surface area contributed by atoms with E-state index in [0.29, 0.717) is 0 Å². The zero-order chi connectivity index (χ0) is 24.2. The average molecular weight is 465 g/mol. The van der Waals surface area contributed by atoms with Gasteiger partial charge in [0.25, 0.3) is 5.56 Å². The molecule has 3 heterocycles. The first kappa shape index (κ1) is 21.3. The monoisotopic (exact) mass is 465 g/mol. The normalized spacial score (nSPS) is 11.8. The van der Waals surface area contributed by atoms with E-state index in [4.69, 9.17) is 9.15 Å². The number of benzene rings is 2. The topological polar surface area (TPSA) is 109 Å². The highest BCUT2D eigenvalue weighted by atomic mass is 19.4. The number of ether oxygens (including phenoxy) is 1. The van der Waals surface area contributed by atoms with Gasteiger partial charge in [-0.15, -0.1) is 0 Å². The molecule has 0 fully saturated rings. The predicted octanol–water partition coefficient (Wildman–Crippen LogP) is 4.71. The molecule has 2 aromatic carbocycles. The van der Waals surface area contributed by atoms with Gasteiger partial charge >= 0.3 is 6.18 Å². The summed E-state index contributed by atoms with van der Waals surface area (Å²) >= 11 is 0. The van der Waals surface area contributed by atoms with Crippen LogP contribution in [0.1, 0.15) is 17.0 Å². The highest BCUT2D eigenvalue weighted by Gasteiger charge is 2.38. The fourth-order valence-electron chi connectivity index (χ4n) is 3.88. The molecule has 5 rings (SSSR count). The van der Waals surface area contributed by atoms with Crippen LogP contribution < -0.4 is 10.3 Å². The Morgan fingerprint density at radius 3 is 2.50 bits per heavy atom. The molecular formula is C23H14F3N5O3. The largest absolute Gasteiger partial charge is 0.493 e. The number of methoxy groups -OCH3 is 1. The number of aromatic nitrogens is 4. The van der Waals surface area contributed by atoms with Gasteiger partial charge in [-0.2, -0.15) is 22.9 Å². The Morgan fingerprint density at radius 1 is 1.12 bits per heavy atom. The molecule has 11 heteroatoms. The molecule has 0 aliphatic rings. The Kier molecular flexibility index (Phi) is 4.68. The van der Waals surface area contributed by atoms with Gasteiger partial charge in [0.15, 0.2) is 22.5 Å². The number of aryl methyl sites for hydroxylation is 1. The van der Waals surface area contributed by atoms with Crippen molar-refractivity contribution >= 4 is 16.7 Å². The number of fused-ring (bicyclic) bond motifs is 2. The van der Waals surface area contributed by atoms with Gasteiger partial charge in [0.2, 0.25) is 5.89 Å². The van der Waals surface area contributed by atoms with Crippen LogP contribution in [0.15, 0.2) is 51.7 Å². The molecule has 0 saturated heterocycles. The van der Waals surface area contributed by atoms with Gasteiger partial charge in [-0.25, -0.2) is 9.97 Å². The second-order valence-corrected chi connectivity index (χ2v) is 7.39. The third kappa shape index (κ3) is 3.11. The quantitative estimate of drug-likeness (QED) is 0.414. The Morgan fingerprint density at radius 2 is 1.85 bits per heavy atom. The van der Waals surface area contributed by atoms with Crippen molar-refractivity contribution < 1.29 is 22.3 Å². The standard InChI is InChI=1S/C23H14F3N5O3/c1-11-15(21-29-17-14(34-21)9-8-13(10-27)18(17)33-2)22(32)31-20(28-11)16(12-6-4-3-5-7-12)19(30-31)23(24,25)26/h3-9,30H,1-2H3. The fraction of sp³-hybridized carbons (Fsp3) is 0.130. The first-order valence-electron chi connectivity index (χ1n) is 9.90. The SMILES string of the molecule is COc1c(C#N)ccc2oc(-c3c(C)nc4c(-c5ccccc5)c(C(F)(F)F)[nH]n4c3=O)nc12. The van der Waals surface area contributed by atoms with E-state index in [9.17, 15) is 23.2 Å². The van der Waals surface area contributed by atoms with Crippen LogP contribution in [0.3, 0.4) is 0 Å². The molecule has 8 nitrogen and oxygen atoms in total. The van der Waals surface area contributed by atoms with Gasteiger partial charge in [0.1, 0.15) is 17.3 Å². The number of nitrogens with zero attached hydrogens (tertiary/aromatic N) is 4. The van der Waals surface area contributed by atoms with Gasteiger partial charge in [-0.05, 0) is 24.6 Å². The molecular weight excluding hydrogens is 451 g/mol. The number of rotatable bonds is 3. The summed E-state index contributed by atoms with van der Waals surface area (Å²) in [6.45, 7) is 1.48. The first-order valence-corrected chi connectivity index (χ1v) is 9.90. The van der Waals surface area contributed by atoms with E-state index >= 15 is 0 Å². The van der Waals surface area contributed by atoms with Crippen molar-refractivity contribution in [2.45, 2.75) is 13.1 Å². The van der Waals surface area contributed by atoms with Gasteiger partial charge in [0, 0.05) is 0 Å². The van der Waals surface area contributed by atoms with Crippen molar-refractivity contribution in [2.75, 3.05) is 7.11 Å². The van der Waals surface area contributed by atoms with Gasteiger partial charge < -0.3 is 9.15 Å². The Labute approximate surface area is 188 Å². The summed E-state index contributed by atoms with van der Waals surface area (Å²) in [5.41, 5.74) is -1.42. The molecule has 0 radical (unpaired) electrons. The highest BCUT2D eigenvalue weighted by molar-refractivity contribution is 5.86. The van der Waals surface area contributed by atoms with Crippen LogP contribution in [0.5, 0.6) is 5.75 Å². The van der Waals surface area contributed by atoms with E-state index in [1.807, 2.05) is 6.07 Å². The van der Waals surface area contributed by atoms with Crippen molar-refractivity contribution in [3.05, 3.63) is 69.8 Å². The molecule has 0 spiro atoms. The number of H-pyrrole nitrogens is 1. The van der Waals surface area contributed by atoms with Crippen molar-refractivity contribution in [2.24, 2.45) is 0 Å². The van der Waals surface area contributed by atoms with E-state index in [1.165, 1.54) is 38.3 Å². The lowest BCUT2D eigenvalue weighted by Gasteiger charge is -2.07. The zero-order valence-corrected chi connectivity index (χ0v) is 17.7. The van der Waals surface area contributed by atoms with Crippen LogP contribution in [0.2, 0.25) is 0 Å². The summed E-state index contributed by atoms with van der Waals surface area (Å²) in [6.07, 6.45) is -4.77. The molecule has 3 aromatic heterocycles. The van der Waals surface area contributed by atoms with E-state index in [2.05, 4.69) is 15.1 Å². The lowest BCUT2D eigenvalue weighted by molar-refractivity contribution is -0.140. The maximum atomic E-state index is 13.9. The number of halogens is 3. The maximum absolute atomic E-state index is 13.9. The van der Waals surface area contributed by atoms with Crippen molar-refractivity contribution in [1.82, 2.24) is 19.6 Å². The van der Waals surface area contributed by atoms with E-state index < -0.39 is 17.4 Å². The van der Waals surface area contributed by atoms with Crippen LogP contribution in [0, 0.1) is 18.3 Å². The smallest absolute Gasteiger partial charge is 0.433 e. The van der Waals surface area contributed by atoms with Gasteiger partial charge in [-0.1, -0.05) is 30.3 Å². The van der Waals surface area contributed by atoms with Gasteiger partial charge in [-0.3, -0.25) is 9.89 Å². The zero-order valence-electron chi connectivity index (χ0n) is 17.7. The average Bonchev–Trinajstić information content (AvgIpc) is 3.40. The molecule has 0 aliphatic carbocycles. The lowest BCUT2D eigenvalue weighted by Crippen LogP contribution is -2.20. The van der Waals surface area contributed by atoms with Crippen molar-refractivity contribution in [1.29, 1.82) is 5.26 Å². The molecule has 0 unspecified atom stereocenters. The Bertz CT molecular complexity index is 1670. The number of hydrogen-bond donors (Lipinski definition) is 1. The summed E-state index contributed by atoms with van der Waals surface area (Å²) in [5, 5.41) is 11.4. The molecule has 170 valence electrons. The molecule has 34 heavy (non-hydrogen) atoms. The molecule has 1 N–H and O–H groups in total. The third-order valence-corrected chi connectivity index (χ3v) is 5.36. The molecule has 0 saturated carbocycles. The Balaban J connectivity index is 1.82. The second kappa shape index (κ2) is 7.48. The van der Waals surface area contributed by atoms with Gasteiger partial charge in [0.05, 0.1) is 23.9 Å². The Hall–Kier alpha value is -4.59. The van der Waals surface area contributed by atoms with E-state index in [1.54, 1.807) is 18.2 Å².